The highest BCUT2D eigenvalue weighted by atomic mass is 32.1. The summed E-state index contributed by atoms with van der Waals surface area (Å²) in [7, 11) is 0. The number of para-hydroxylation sites is 1. The Labute approximate surface area is 193 Å². The number of fused-ring (bicyclic) bond motifs is 1. The Balaban J connectivity index is 1.50. The number of anilines is 1. The monoisotopic (exact) mass is 466 g/mol. The molecule has 0 radical (unpaired) electrons. The van der Waals surface area contributed by atoms with Crippen LogP contribution >= 0.6 is 23.6 Å². The van der Waals surface area contributed by atoms with Gasteiger partial charge in [-0.2, -0.15) is 5.10 Å². The standard InChI is InChI=1S/C22H22N6O2S2/c1-4-11-27-20-19(32-22(27)31)21(30)26(13-23-20)12-10-17(29)24-18-14(2)25-28(15(18)3)16-8-6-5-7-9-16/h4-9,13H,1,10-12H2,2-3H3,(H,24,29). The molecular weight excluding hydrogens is 444 g/mol. The van der Waals surface area contributed by atoms with Crippen molar-refractivity contribution in [2.24, 2.45) is 0 Å². The number of aryl methyl sites for hydroxylation is 2. The normalized spacial score (nSPS) is 11.1. The van der Waals surface area contributed by atoms with E-state index in [0.717, 1.165) is 17.1 Å². The summed E-state index contributed by atoms with van der Waals surface area (Å²) in [5.74, 6) is -0.201. The summed E-state index contributed by atoms with van der Waals surface area (Å²) in [6.07, 6.45) is 3.30. The first-order chi connectivity index (χ1) is 15.4. The van der Waals surface area contributed by atoms with Crippen molar-refractivity contribution >= 4 is 45.5 Å². The van der Waals surface area contributed by atoms with Gasteiger partial charge < -0.3 is 9.88 Å². The Hall–Kier alpha value is -3.37. The van der Waals surface area contributed by atoms with Crippen LogP contribution in [0.25, 0.3) is 16.0 Å². The minimum absolute atomic E-state index is 0.126. The SMILES string of the molecule is C=CCn1c(=S)sc2c(=O)n(CCC(=O)Nc3c(C)nn(-c4ccccc4)c3C)cnc21. The second-order valence-corrected chi connectivity index (χ2v) is 8.90. The van der Waals surface area contributed by atoms with Crippen LogP contribution in [0.5, 0.6) is 0 Å². The van der Waals surface area contributed by atoms with Gasteiger partial charge in [0.05, 0.1) is 29.1 Å². The zero-order valence-corrected chi connectivity index (χ0v) is 19.4. The minimum Gasteiger partial charge on any atom is -0.323 e. The lowest BCUT2D eigenvalue weighted by atomic mass is 10.2. The number of carbonyl (C=O) groups is 1. The predicted octanol–water partition coefficient (Wildman–Crippen LogP) is 4.01. The second-order valence-electron chi connectivity index (χ2n) is 7.25. The smallest absolute Gasteiger partial charge is 0.272 e. The molecule has 0 spiro atoms. The molecule has 8 nitrogen and oxygen atoms in total. The van der Waals surface area contributed by atoms with Gasteiger partial charge in [-0.3, -0.25) is 14.2 Å². The molecule has 0 unspecified atom stereocenters. The Morgan fingerprint density at radius 2 is 2.03 bits per heavy atom. The number of hydrogen-bond donors (Lipinski definition) is 1. The molecule has 1 N–H and O–H groups in total. The number of allylic oxidation sites excluding steroid dienone is 1. The first-order valence-electron chi connectivity index (χ1n) is 10.0. The number of amides is 1. The summed E-state index contributed by atoms with van der Waals surface area (Å²) in [5, 5.41) is 7.48. The van der Waals surface area contributed by atoms with E-state index in [1.165, 1.54) is 22.2 Å². The third kappa shape index (κ3) is 4.06. The Bertz CT molecular complexity index is 1430. The van der Waals surface area contributed by atoms with E-state index in [4.69, 9.17) is 12.2 Å². The molecule has 0 bridgehead atoms. The molecule has 0 aliphatic heterocycles. The van der Waals surface area contributed by atoms with Gasteiger partial charge in [0.25, 0.3) is 5.56 Å². The van der Waals surface area contributed by atoms with Crippen molar-refractivity contribution < 1.29 is 4.79 Å². The number of hydrogen-bond acceptors (Lipinski definition) is 6. The molecule has 1 amide bonds. The number of aromatic nitrogens is 5. The molecule has 10 heteroatoms. The van der Waals surface area contributed by atoms with Crippen LogP contribution in [0.3, 0.4) is 0 Å². The quantitative estimate of drug-likeness (QED) is 0.329. The molecule has 0 aliphatic carbocycles. The zero-order valence-electron chi connectivity index (χ0n) is 17.7. The van der Waals surface area contributed by atoms with Crippen molar-refractivity contribution in [1.82, 2.24) is 23.9 Å². The number of benzene rings is 1. The molecule has 4 aromatic rings. The average molecular weight is 467 g/mol. The van der Waals surface area contributed by atoms with Gasteiger partial charge in [-0.1, -0.05) is 35.6 Å². The van der Waals surface area contributed by atoms with Crippen LogP contribution in [0.1, 0.15) is 17.8 Å². The lowest BCUT2D eigenvalue weighted by Gasteiger charge is -2.08. The van der Waals surface area contributed by atoms with Crippen molar-refractivity contribution in [3.8, 4) is 5.69 Å². The van der Waals surface area contributed by atoms with Crippen LogP contribution in [-0.2, 0) is 17.9 Å². The Kier molecular flexibility index (Phi) is 6.15. The summed E-state index contributed by atoms with van der Waals surface area (Å²) in [5.41, 5.74) is 3.51. The minimum atomic E-state index is -0.203. The molecule has 0 fully saturated rings. The van der Waals surface area contributed by atoms with E-state index < -0.39 is 0 Å². The molecular formula is C22H22N6O2S2. The predicted molar refractivity (Wildman–Crippen MR) is 129 cm³/mol. The fourth-order valence-corrected chi connectivity index (χ4v) is 4.81. The van der Waals surface area contributed by atoms with E-state index in [0.29, 0.717) is 26.5 Å². The van der Waals surface area contributed by atoms with E-state index in [1.54, 1.807) is 15.3 Å². The third-order valence-corrected chi connectivity index (χ3v) is 6.52. The molecule has 0 aliphatic rings. The molecule has 3 heterocycles. The highest BCUT2D eigenvalue weighted by Gasteiger charge is 2.16. The van der Waals surface area contributed by atoms with Gasteiger partial charge in [-0.15, -0.1) is 6.58 Å². The largest absolute Gasteiger partial charge is 0.323 e. The van der Waals surface area contributed by atoms with Gasteiger partial charge in [0.1, 0.15) is 4.70 Å². The summed E-state index contributed by atoms with van der Waals surface area (Å²) < 4.78 is 6.07. The summed E-state index contributed by atoms with van der Waals surface area (Å²) >= 11 is 6.56. The molecule has 3 aromatic heterocycles. The van der Waals surface area contributed by atoms with Crippen molar-refractivity contribution in [2.45, 2.75) is 33.4 Å². The van der Waals surface area contributed by atoms with E-state index in [2.05, 4.69) is 22.0 Å². The first-order valence-corrected chi connectivity index (χ1v) is 11.2. The molecule has 1 aromatic carbocycles. The fraction of sp³-hybridized carbons (Fsp3) is 0.227. The van der Waals surface area contributed by atoms with Crippen molar-refractivity contribution in [2.75, 3.05) is 5.32 Å². The van der Waals surface area contributed by atoms with Crippen LogP contribution in [0.2, 0.25) is 0 Å². The number of thiazole rings is 1. The number of nitrogens with zero attached hydrogens (tertiary/aromatic N) is 5. The molecule has 164 valence electrons. The lowest BCUT2D eigenvalue weighted by Crippen LogP contribution is -2.23. The van der Waals surface area contributed by atoms with E-state index in [9.17, 15) is 9.59 Å². The highest BCUT2D eigenvalue weighted by Crippen LogP contribution is 2.23. The second kappa shape index (κ2) is 9.01. The van der Waals surface area contributed by atoms with Gasteiger partial charge >= 0.3 is 0 Å². The topological polar surface area (TPSA) is 86.7 Å². The molecule has 0 atom stereocenters. The number of carbonyl (C=O) groups excluding carboxylic acids is 1. The van der Waals surface area contributed by atoms with Gasteiger partial charge in [-0.05, 0) is 38.2 Å². The Morgan fingerprint density at radius 3 is 2.75 bits per heavy atom. The van der Waals surface area contributed by atoms with Crippen LogP contribution in [0, 0.1) is 17.8 Å². The molecule has 4 rings (SSSR count). The van der Waals surface area contributed by atoms with Crippen LogP contribution < -0.4 is 10.9 Å². The van der Waals surface area contributed by atoms with E-state index in [-0.39, 0.29) is 24.4 Å². The maximum atomic E-state index is 12.8. The van der Waals surface area contributed by atoms with Gasteiger partial charge in [0, 0.05) is 19.5 Å². The summed E-state index contributed by atoms with van der Waals surface area (Å²) in [4.78, 5) is 29.9. The third-order valence-electron chi connectivity index (χ3n) is 5.09. The average Bonchev–Trinajstić information content (AvgIpc) is 3.25. The fourth-order valence-electron chi connectivity index (χ4n) is 3.49. The molecule has 0 saturated carbocycles. The van der Waals surface area contributed by atoms with Crippen LogP contribution in [0.4, 0.5) is 5.69 Å². The first kappa shape index (κ1) is 21.8. The van der Waals surface area contributed by atoms with Gasteiger partial charge in [-0.25, -0.2) is 9.67 Å². The van der Waals surface area contributed by atoms with E-state index >= 15 is 0 Å². The van der Waals surface area contributed by atoms with Crippen molar-refractivity contribution in [3.05, 3.63) is 75.0 Å². The van der Waals surface area contributed by atoms with E-state index in [1.807, 2.05) is 44.2 Å². The summed E-state index contributed by atoms with van der Waals surface area (Å²) in [6, 6.07) is 9.73. The molecule has 0 saturated heterocycles. The van der Waals surface area contributed by atoms with Gasteiger partial charge in [0.2, 0.25) is 5.91 Å². The summed E-state index contributed by atoms with van der Waals surface area (Å²) in [6.45, 7) is 8.18. The number of nitrogens with one attached hydrogen (secondary N) is 1. The lowest BCUT2D eigenvalue weighted by molar-refractivity contribution is -0.116. The van der Waals surface area contributed by atoms with Gasteiger partial charge in [0.15, 0.2) is 9.60 Å². The van der Waals surface area contributed by atoms with Crippen LogP contribution in [0.15, 0.2) is 54.1 Å². The number of rotatable bonds is 7. The molecule has 32 heavy (non-hydrogen) atoms. The van der Waals surface area contributed by atoms with Crippen molar-refractivity contribution in [3.63, 3.8) is 0 Å². The maximum Gasteiger partial charge on any atom is 0.272 e. The maximum absolute atomic E-state index is 12.8. The highest BCUT2D eigenvalue weighted by molar-refractivity contribution is 7.73. The van der Waals surface area contributed by atoms with Crippen molar-refractivity contribution in [1.29, 1.82) is 0 Å². The zero-order chi connectivity index (χ0) is 22.8. The van der Waals surface area contributed by atoms with Crippen LogP contribution in [-0.4, -0.2) is 29.8 Å². The Morgan fingerprint density at radius 1 is 1.28 bits per heavy atom.